The van der Waals surface area contributed by atoms with Crippen molar-refractivity contribution >= 4 is 23.0 Å². The molecule has 3 aromatic rings. The van der Waals surface area contributed by atoms with Gasteiger partial charge in [-0.2, -0.15) is 0 Å². The Kier molecular flexibility index (Phi) is 5.18. The molecule has 1 aromatic carbocycles. The number of hydrogen-bond acceptors (Lipinski definition) is 8. The van der Waals surface area contributed by atoms with E-state index in [9.17, 15) is 14.9 Å². The Bertz CT molecular complexity index is 943. The van der Waals surface area contributed by atoms with Crippen molar-refractivity contribution in [3.8, 4) is 22.2 Å². The van der Waals surface area contributed by atoms with E-state index < -0.39 is 10.9 Å². The predicted octanol–water partition coefficient (Wildman–Crippen LogP) is 3.27. The van der Waals surface area contributed by atoms with Crippen molar-refractivity contribution in [3.05, 3.63) is 63.8 Å². The maximum atomic E-state index is 12.2. The summed E-state index contributed by atoms with van der Waals surface area (Å²) in [7, 11) is 1.39. The Morgan fingerprint density at radius 3 is 2.81 bits per heavy atom. The van der Waals surface area contributed by atoms with Gasteiger partial charge in [0.15, 0.2) is 11.5 Å². The van der Waals surface area contributed by atoms with Crippen LogP contribution >= 0.6 is 11.3 Å². The molecule has 0 radical (unpaired) electrons. The van der Waals surface area contributed by atoms with E-state index in [0.717, 1.165) is 11.8 Å². The fourth-order valence-corrected chi connectivity index (χ4v) is 2.96. The second-order valence-corrected chi connectivity index (χ2v) is 5.96. The van der Waals surface area contributed by atoms with Crippen LogP contribution in [0.15, 0.2) is 48.0 Å². The van der Waals surface area contributed by atoms with Crippen LogP contribution in [0.4, 0.5) is 5.69 Å². The van der Waals surface area contributed by atoms with Gasteiger partial charge in [-0.1, -0.05) is 6.07 Å². The quantitative estimate of drug-likeness (QED) is 0.283. The zero-order chi connectivity index (χ0) is 18.5. The summed E-state index contributed by atoms with van der Waals surface area (Å²) in [6, 6.07) is 9.29. The van der Waals surface area contributed by atoms with Gasteiger partial charge >= 0.3 is 5.97 Å². The molecule has 0 fully saturated rings. The van der Waals surface area contributed by atoms with Crippen molar-refractivity contribution in [2.75, 3.05) is 7.11 Å². The summed E-state index contributed by atoms with van der Waals surface area (Å²) in [5.74, 6) is -0.370. The van der Waals surface area contributed by atoms with Gasteiger partial charge in [0.2, 0.25) is 0 Å². The van der Waals surface area contributed by atoms with Crippen LogP contribution in [0.5, 0.6) is 11.5 Å². The third kappa shape index (κ3) is 4.01. The van der Waals surface area contributed by atoms with Gasteiger partial charge < -0.3 is 9.47 Å². The number of methoxy groups -OCH3 is 1. The molecule has 0 aliphatic carbocycles. The average molecular weight is 371 g/mol. The van der Waals surface area contributed by atoms with Crippen LogP contribution in [0.25, 0.3) is 10.7 Å². The SMILES string of the molecule is COc1ccc([N+](=O)[O-])cc1OC(=O)Cc1csc(-c2ccccn2)n1. The Labute approximate surface area is 152 Å². The summed E-state index contributed by atoms with van der Waals surface area (Å²) in [4.78, 5) is 31.1. The van der Waals surface area contributed by atoms with Gasteiger partial charge in [0.1, 0.15) is 5.01 Å². The highest BCUT2D eigenvalue weighted by molar-refractivity contribution is 7.13. The maximum Gasteiger partial charge on any atom is 0.317 e. The minimum atomic E-state index is -0.596. The van der Waals surface area contributed by atoms with Crippen LogP contribution in [-0.4, -0.2) is 28.0 Å². The summed E-state index contributed by atoms with van der Waals surface area (Å²) < 4.78 is 10.3. The lowest BCUT2D eigenvalue weighted by Crippen LogP contribution is -2.12. The second-order valence-electron chi connectivity index (χ2n) is 5.10. The number of pyridine rings is 1. The third-order valence-electron chi connectivity index (χ3n) is 3.34. The van der Waals surface area contributed by atoms with E-state index in [1.54, 1.807) is 11.6 Å². The highest BCUT2D eigenvalue weighted by Gasteiger charge is 2.17. The molecule has 0 amide bonds. The number of non-ortho nitro benzene ring substituents is 1. The van der Waals surface area contributed by atoms with E-state index in [2.05, 4.69) is 9.97 Å². The summed E-state index contributed by atoms with van der Waals surface area (Å²) in [6.07, 6.45) is 1.59. The molecule has 3 rings (SSSR count). The predicted molar refractivity (Wildman–Crippen MR) is 94.3 cm³/mol. The molecule has 0 N–H and O–H groups in total. The standard InChI is InChI=1S/C17H13N3O5S/c1-24-14-6-5-12(20(22)23)9-15(14)25-16(21)8-11-10-26-17(19-11)13-4-2-3-7-18-13/h2-7,9-10H,8H2,1H3. The molecule has 0 spiro atoms. The fourth-order valence-electron chi connectivity index (χ4n) is 2.16. The number of aromatic nitrogens is 2. The first-order valence-corrected chi connectivity index (χ1v) is 8.33. The molecule has 0 atom stereocenters. The minimum Gasteiger partial charge on any atom is -0.493 e. The number of carbonyl (C=O) groups excluding carboxylic acids is 1. The number of nitrogens with zero attached hydrogens (tertiary/aromatic N) is 3. The molecular formula is C17H13N3O5S. The number of thiazole rings is 1. The average Bonchev–Trinajstić information content (AvgIpc) is 3.10. The maximum absolute atomic E-state index is 12.2. The lowest BCUT2D eigenvalue weighted by Gasteiger charge is -2.08. The largest absolute Gasteiger partial charge is 0.493 e. The van der Waals surface area contributed by atoms with Gasteiger partial charge in [0.25, 0.3) is 5.69 Å². The lowest BCUT2D eigenvalue weighted by atomic mass is 10.2. The van der Waals surface area contributed by atoms with E-state index in [1.807, 2.05) is 18.2 Å². The van der Waals surface area contributed by atoms with Gasteiger partial charge in [0, 0.05) is 17.6 Å². The van der Waals surface area contributed by atoms with Crippen molar-refractivity contribution < 1.29 is 19.2 Å². The summed E-state index contributed by atoms with van der Waals surface area (Å²) in [5.41, 5.74) is 1.06. The monoisotopic (exact) mass is 371 g/mol. The van der Waals surface area contributed by atoms with Crippen LogP contribution in [0.2, 0.25) is 0 Å². The van der Waals surface area contributed by atoms with Gasteiger partial charge in [0.05, 0.1) is 35.9 Å². The molecule has 132 valence electrons. The van der Waals surface area contributed by atoms with Crippen molar-refractivity contribution in [1.82, 2.24) is 9.97 Å². The minimum absolute atomic E-state index is 0.00752. The van der Waals surface area contributed by atoms with Crippen LogP contribution in [0, 0.1) is 10.1 Å². The number of carbonyl (C=O) groups is 1. The van der Waals surface area contributed by atoms with Crippen LogP contribution in [-0.2, 0) is 11.2 Å². The topological polar surface area (TPSA) is 104 Å². The lowest BCUT2D eigenvalue weighted by molar-refractivity contribution is -0.384. The molecule has 2 heterocycles. The zero-order valence-electron chi connectivity index (χ0n) is 13.6. The van der Waals surface area contributed by atoms with E-state index in [0.29, 0.717) is 10.7 Å². The first-order valence-electron chi connectivity index (χ1n) is 7.45. The Balaban J connectivity index is 1.73. The van der Waals surface area contributed by atoms with Gasteiger partial charge in [-0.25, -0.2) is 4.98 Å². The van der Waals surface area contributed by atoms with Crippen molar-refractivity contribution in [3.63, 3.8) is 0 Å². The van der Waals surface area contributed by atoms with Crippen molar-refractivity contribution in [2.45, 2.75) is 6.42 Å². The number of ether oxygens (including phenoxy) is 2. The first kappa shape index (κ1) is 17.5. The Morgan fingerprint density at radius 2 is 2.12 bits per heavy atom. The molecule has 8 nitrogen and oxygen atoms in total. The number of rotatable bonds is 6. The summed E-state index contributed by atoms with van der Waals surface area (Å²) in [5, 5.41) is 13.3. The van der Waals surface area contributed by atoms with Gasteiger partial charge in [-0.15, -0.1) is 11.3 Å². The molecule has 0 aliphatic rings. The normalized spacial score (nSPS) is 10.3. The number of nitro benzene ring substituents is 1. The summed E-state index contributed by atoms with van der Waals surface area (Å²) >= 11 is 1.37. The first-order chi connectivity index (χ1) is 12.6. The van der Waals surface area contributed by atoms with Crippen LogP contribution < -0.4 is 9.47 Å². The third-order valence-corrected chi connectivity index (χ3v) is 4.26. The zero-order valence-corrected chi connectivity index (χ0v) is 14.4. The van der Waals surface area contributed by atoms with E-state index in [4.69, 9.17) is 9.47 Å². The molecule has 2 aromatic heterocycles. The van der Waals surface area contributed by atoms with Gasteiger partial charge in [-0.05, 0) is 18.2 Å². The fraction of sp³-hybridized carbons (Fsp3) is 0.118. The van der Waals surface area contributed by atoms with Crippen molar-refractivity contribution in [2.24, 2.45) is 0 Å². The Morgan fingerprint density at radius 1 is 1.27 bits per heavy atom. The number of esters is 1. The van der Waals surface area contributed by atoms with E-state index in [-0.39, 0.29) is 23.6 Å². The Hall–Kier alpha value is -3.33. The number of hydrogen-bond donors (Lipinski definition) is 0. The van der Waals surface area contributed by atoms with Gasteiger partial charge in [-0.3, -0.25) is 19.9 Å². The molecule has 0 bridgehead atoms. The molecule has 0 aliphatic heterocycles. The van der Waals surface area contributed by atoms with Crippen LogP contribution in [0.1, 0.15) is 5.69 Å². The summed E-state index contributed by atoms with van der Waals surface area (Å²) in [6.45, 7) is 0. The van der Waals surface area contributed by atoms with E-state index >= 15 is 0 Å². The number of nitro groups is 1. The molecule has 0 unspecified atom stereocenters. The molecule has 9 heteroatoms. The molecular weight excluding hydrogens is 358 g/mol. The highest BCUT2D eigenvalue weighted by atomic mass is 32.1. The van der Waals surface area contributed by atoms with Crippen molar-refractivity contribution in [1.29, 1.82) is 0 Å². The highest BCUT2D eigenvalue weighted by Crippen LogP contribution is 2.31. The smallest absolute Gasteiger partial charge is 0.317 e. The number of benzene rings is 1. The molecule has 0 saturated carbocycles. The molecule has 26 heavy (non-hydrogen) atoms. The van der Waals surface area contributed by atoms with Crippen LogP contribution in [0.3, 0.4) is 0 Å². The van der Waals surface area contributed by atoms with E-state index in [1.165, 1.54) is 30.6 Å². The second kappa shape index (κ2) is 7.70. The molecule has 0 saturated heterocycles.